The van der Waals surface area contributed by atoms with E-state index in [1.807, 2.05) is 19.1 Å². The molecule has 150 valence electrons. The predicted molar refractivity (Wildman–Crippen MR) is 114 cm³/mol. The van der Waals surface area contributed by atoms with Crippen LogP contribution in [0.3, 0.4) is 0 Å². The maximum Gasteiger partial charge on any atom is 0.335 e. The first-order valence-corrected chi connectivity index (χ1v) is 9.34. The van der Waals surface area contributed by atoms with Crippen LogP contribution in [0.15, 0.2) is 64.2 Å². The second-order valence-electron chi connectivity index (χ2n) is 6.60. The average molecular weight is 402 g/mol. The summed E-state index contributed by atoms with van der Waals surface area (Å²) in [6.07, 6.45) is 4.41. The molecule has 4 rings (SSSR count). The van der Waals surface area contributed by atoms with Gasteiger partial charge in [0.05, 0.1) is 12.3 Å². The number of aromatic nitrogens is 2. The predicted octanol–water partition coefficient (Wildman–Crippen LogP) is 2.77. The van der Waals surface area contributed by atoms with E-state index in [2.05, 4.69) is 4.98 Å². The fourth-order valence-corrected chi connectivity index (χ4v) is 3.34. The minimum absolute atomic E-state index is 0.183. The molecular weight excluding hydrogens is 384 g/mol. The molecule has 0 spiro atoms. The Morgan fingerprint density at radius 1 is 1.03 bits per heavy atom. The SMILES string of the molecule is CCOc1ccc(-n2c(O)c(C=C3C(=O)C=Cc4ccccc43)c(=O)[nH]c2=O)cc1. The molecule has 7 heteroatoms. The number of hydrogen-bond donors (Lipinski definition) is 2. The van der Waals surface area contributed by atoms with Gasteiger partial charge in [-0.3, -0.25) is 14.6 Å². The van der Waals surface area contributed by atoms with Crippen molar-refractivity contribution in [2.24, 2.45) is 0 Å². The number of allylic oxidation sites excluding steroid dienone is 2. The van der Waals surface area contributed by atoms with Crippen LogP contribution >= 0.6 is 0 Å². The number of nitrogens with zero attached hydrogens (tertiary/aromatic N) is 1. The van der Waals surface area contributed by atoms with E-state index in [1.165, 1.54) is 12.2 Å². The molecule has 1 aliphatic rings. The molecule has 0 radical (unpaired) electrons. The van der Waals surface area contributed by atoms with Crippen molar-refractivity contribution in [2.45, 2.75) is 6.92 Å². The molecule has 30 heavy (non-hydrogen) atoms. The highest BCUT2D eigenvalue weighted by Crippen LogP contribution is 2.29. The van der Waals surface area contributed by atoms with Crippen molar-refractivity contribution in [3.8, 4) is 17.3 Å². The van der Waals surface area contributed by atoms with Gasteiger partial charge in [0.25, 0.3) is 5.56 Å². The van der Waals surface area contributed by atoms with Gasteiger partial charge in [-0.05, 0) is 54.5 Å². The third-order valence-electron chi connectivity index (χ3n) is 4.75. The fourth-order valence-electron chi connectivity index (χ4n) is 3.34. The molecule has 0 bridgehead atoms. The second kappa shape index (κ2) is 7.71. The van der Waals surface area contributed by atoms with Gasteiger partial charge >= 0.3 is 5.69 Å². The molecule has 1 aliphatic carbocycles. The van der Waals surface area contributed by atoms with Gasteiger partial charge in [0.2, 0.25) is 5.88 Å². The maximum atomic E-state index is 12.5. The fraction of sp³-hybridized carbons (Fsp3) is 0.0870. The van der Waals surface area contributed by atoms with Crippen molar-refractivity contribution in [1.82, 2.24) is 9.55 Å². The molecule has 0 saturated heterocycles. The molecule has 0 unspecified atom stereocenters. The van der Waals surface area contributed by atoms with E-state index >= 15 is 0 Å². The van der Waals surface area contributed by atoms with Gasteiger partial charge in [0.1, 0.15) is 11.3 Å². The van der Waals surface area contributed by atoms with Crippen molar-refractivity contribution >= 4 is 23.5 Å². The van der Waals surface area contributed by atoms with Crippen LogP contribution in [0.2, 0.25) is 0 Å². The standard InChI is InChI=1S/C23H18N2O5/c1-2-30-16-10-8-15(9-11-16)25-22(28)19(21(27)24-23(25)29)13-18-17-6-4-3-5-14(17)7-12-20(18)26/h3-13,28H,2H2,1H3,(H,24,27,29). The Labute approximate surface area is 171 Å². The first-order valence-electron chi connectivity index (χ1n) is 9.34. The molecule has 0 atom stereocenters. The Kier molecular flexibility index (Phi) is 4.93. The number of fused-ring (bicyclic) bond motifs is 1. The summed E-state index contributed by atoms with van der Waals surface area (Å²) in [5.41, 5.74) is 0.294. The Morgan fingerprint density at radius 2 is 1.77 bits per heavy atom. The molecule has 0 fully saturated rings. The third kappa shape index (κ3) is 3.37. The van der Waals surface area contributed by atoms with E-state index in [4.69, 9.17) is 4.74 Å². The monoisotopic (exact) mass is 402 g/mol. The zero-order valence-electron chi connectivity index (χ0n) is 16.1. The highest BCUT2D eigenvalue weighted by atomic mass is 16.5. The zero-order chi connectivity index (χ0) is 21.3. The van der Waals surface area contributed by atoms with E-state index in [1.54, 1.807) is 42.5 Å². The molecule has 7 nitrogen and oxygen atoms in total. The van der Waals surface area contributed by atoms with Gasteiger partial charge < -0.3 is 9.84 Å². The number of nitrogens with one attached hydrogen (secondary N) is 1. The number of rotatable bonds is 4. The van der Waals surface area contributed by atoms with Gasteiger partial charge in [-0.25, -0.2) is 9.36 Å². The van der Waals surface area contributed by atoms with Gasteiger partial charge in [-0.1, -0.05) is 30.3 Å². The second-order valence-corrected chi connectivity index (χ2v) is 6.60. The van der Waals surface area contributed by atoms with Crippen LogP contribution in [-0.2, 0) is 4.79 Å². The number of carbonyl (C=O) groups is 1. The van der Waals surface area contributed by atoms with Gasteiger partial charge in [0.15, 0.2) is 5.78 Å². The minimum atomic E-state index is -0.793. The summed E-state index contributed by atoms with van der Waals surface area (Å²) in [5.74, 6) is -0.247. The number of ether oxygens (including phenoxy) is 1. The summed E-state index contributed by atoms with van der Waals surface area (Å²) in [6.45, 7) is 2.34. The quantitative estimate of drug-likeness (QED) is 0.654. The molecule has 3 aromatic rings. The smallest absolute Gasteiger partial charge is 0.335 e. The summed E-state index contributed by atoms with van der Waals surface area (Å²) >= 11 is 0. The Bertz CT molecular complexity index is 1310. The van der Waals surface area contributed by atoms with Gasteiger partial charge in [-0.15, -0.1) is 0 Å². The van der Waals surface area contributed by atoms with Crippen LogP contribution in [-0.4, -0.2) is 27.0 Å². The number of benzene rings is 2. The maximum absolute atomic E-state index is 12.5. The lowest BCUT2D eigenvalue weighted by Crippen LogP contribution is -2.30. The van der Waals surface area contributed by atoms with E-state index in [0.717, 1.165) is 10.1 Å². The Balaban J connectivity index is 1.88. The summed E-state index contributed by atoms with van der Waals surface area (Å²) in [7, 11) is 0. The van der Waals surface area contributed by atoms with E-state index in [0.29, 0.717) is 23.6 Å². The number of carbonyl (C=O) groups excluding carboxylic acids is 1. The summed E-state index contributed by atoms with van der Waals surface area (Å²) in [6, 6.07) is 13.7. The number of aromatic hydroxyl groups is 1. The first-order chi connectivity index (χ1) is 14.5. The summed E-state index contributed by atoms with van der Waals surface area (Å²) < 4.78 is 6.36. The Morgan fingerprint density at radius 3 is 2.50 bits per heavy atom. The molecule has 1 aromatic heterocycles. The van der Waals surface area contributed by atoms with Crippen molar-refractivity contribution in [3.05, 3.63) is 92.1 Å². The van der Waals surface area contributed by atoms with Crippen LogP contribution in [0.4, 0.5) is 0 Å². The molecule has 2 N–H and O–H groups in total. The number of ketones is 1. The lowest BCUT2D eigenvalue weighted by atomic mass is 9.90. The third-order valence-corrected chi connectivity index (χ3v) is 4.75. The van der Waals surface area contributed by atoms with Gasteiger partial charge in [0, 0.05) is 5.57 Å². The number of hydrogen-bond acceptors (Lipinski definition) is 5. The van der Waals surface area contributed by atoms with E-state index in [9.17, 15) is 19.5 Å². The molecule has 0 amide bonds. The number of H-pyrrole nitrogens is 1. The minimum Gasteiger partial charge on any atom is -0.494 e. The molecule has 0 saturated carbocycles. The van der Waals surface area contributed by atoms with Crippen LogP contribution in [0.1, 0.15) is 23.6 Å². The lowest BCUT2D eigenvalue weighted by molar-refractivity contribution is -0.109. The van der Waals surface area contributed by atoms with Crippen LogP contribution in [0.5, 0.6) is 11.6 Å². The van der Waals surface area contributed by atoms with Crippen molar-refractivity contribution < 1.29 is 14.6 Å². The van der Waals surface area contributed by atoms with Crippen molar-refractivity contribution in [3.63, 3.8) is 0 Å². The molecule has 2 aromatic carbocycles. The van der Waals surface area contributed by atoms with E-state index in [-0.39, 0.29) is 16.9 Å². The van der Waals surface area contributed by atoms with Crippen LogP contribution < -0.4 is 16.0 Å². The van der Waals surface area contributed by atoms with Crippen LogP contribution in [0, 0.1) is 0 Å². The lowest BCUT2D eigenvalue weighted by Gasteiger charge is -2.14. The van der Waals surface area contributed by atoms with Crippen molar-refractivity contribution in [2.75, 3.05) is 6.61 Å². The number of aromatic amines is 1. The topological polar surface area (TPSA) is 101 Å². The normalized spacial score (nSPS) is 14.0. The summed E-state index contributed by atoms with van der Waals surface area (Å²) in [4.78, 5) is 39.5. The highest BCUT2D eigenvalue weighted by Gasteiger charge is 2.20. The molecule has 0 aliphatic heterocycles. The largest absolute Gasteiger partial charge is 0.494 e. The van der Waals surface area contributed by atoms with Crippen molar-refractivity contribution in [1.29, 1.82) is 0 Å². The van der Waals surface area contributed by atoms with Crippen LogP contribution in [0.25, 0.3) is 23.4 Å². The average Bonchev–Trinajstić information content (AvgIpc) is 2.73. The van der Waals surface area contributed by atoms with E-state index < -0.39 is 17.1 Å². The summed E-state index contributed by atoms with van der Waals surface area (Å²) in [5, 5.41) is 10.8. The first kappa shape index (κ1) is 19.2. The highest BCUT2D eigenvalue weighted by molar-refractivity contribution is 6.33. The Hall–Kier alpha value is -4.13. The molecule has 1 heterocycles. The van der Waals surface area contributed by atoms with Gasteiger partial charge in [-0.2, -0.15) is 0 Å². The molecular formula is C23H18N2O5. The zero-order valence-corrected chi connectivity index (χ0v) is 16.1.